The smallest absolute Gasteiger partial charge is 0.229 e. The van der Waals surface area contributed by atoms with Gasteiger partial charge in [-0.25, -0.2) is 86.2 Å². The van der Waals surface area contributed by atoms with Crippen LogP contribution in [0.15, 0.2) is 110 Å². The number of anilines is 6. The SMILES string of the molecule is CCN1CCCN(C(C)c2ccc(Nc3ncc(F)c(-c4cc(F)c5nc(C)n(C(C)C)c5c4)n3)nc2)CC1.CCN1CCCN([C@@H](C)c2ccc(Nc3ncc(F)c(-c4cc(F)c5nc(C)n(C(C)C)c5c4)n3)nc2)CC1.CCN1CCCN([C@H](C)c2ccc(Nc3ncc(F)c(-c4cc(F)c5nc(C)n(C(C)C)c5c4)n3)nc2)CC1. The van der Waals surface area contributed by atoms with Crippen LogP contribution in [0.1, 0.15) is 173 Å². The molecule has 0 amide bonds. The third-order valence-corrected chi connectivity index (χ3v) is 22.8. The monoisotopic (exact) mass is 1600 g/mol. The number of pyridine rings is 3. The first-order valence-corrected chi connectivity index (χ1v) is 41.0. The van der Waals surface area contributed by atoms with Gasteiger partial charge in [0.2, 0.25) is 17.8 Å². The summed E-state index contributed by atoms with van der Waals surface area (Å²) in [5.74, 6) is 0.820. The van der Waals surface area contributed by atoms with E-state index in [1.54, 1.807) is 18.2 Å². The number of imidazole rings is 3. The molecule has 3 saturated heterocycles. The fraction of sp³-hybridized carbons (Fsp3) is 0.448. The molecule has 3 aliphatic rings. The number of aromatic nitrogens is 15. The van der Waals surface area contributed by atoms with Gasteiger partial charge in [0.25, 0.3) is 0 Å². The number of halogens is 6. The highest BCUT2D eigenvalue weighted by atomic mass is 19.1. The summed E-state index contributed by atoms with van der Waals surface area (Å²) >= 11 is 0. The highest BCUT2D eigenvalue weighted by Crippen LogP contribution is 2.36. The molecule has 117 heavy (non-hydrogen) atoms. The Morgan fingerprint density at radius 1 is 0.316 bits per heavy atom. The minimum Gasteiger partial charge on any atom is -0.326 e. The Balaban J connectivity index is 0.000000152. The van der Waals surface area contributed by atoms with Crippen LogP contribution in [-0.4, -0.2) is 201 Å². The van der Waals surface area contributed by atoms with Crippen molar-refractivity contribution in [3.63, 3.8) is 0 Å². The number of likely N-dealkylation sites (N-methyl/N-ethyl adjacent to an activating group) is 3. The van der Waals surface area contributed by atoms with E-state index in [0.717, 1.165) is 153 Å². The van der Waals surface area contributed by atoms with Crippen molar-refractivity contribution in [3.05, 3.63) is 179 Å². The molecule has 618 valence electrons. The molecule has 3 aromatic carbocycles. The molecule has 12 heterocycles. The Kier molecular flexibility index (Phi) is 27.0. The highest BCUT2D eigenvalue weighted by Gasteiger charge is 2.27. The summed E-state index contributed by atoms with van der Waals surface area (Å²) in [5, 5.41) is 9.19. The molecule has 24 nitrogen and oxygen atoms in total. The van der Waals surface area contributed by atoms with Gasteiger partial charge in [-0.1, -0.05) is 39.0 Å². The van der Waals surface area contributed by atoms with Crippen LogP contribution in [-0.2, 0) is 0 Å². The van der Waals surface area contributed by atoms with Gasteiger partial charge in [0.1, 0.15) is 68.6 Å². The van der Waals surface area contributed by atoms with Crippen molar-refractivity contribution in [1.82, 2.24) is 103 Å². The van der Waals surface area contributed by atoms with Crippen LogP contribution in [0.5, 0.6) is 0 Å². The normalized spacial score (nSPS) is 16.1. The summed E-state index contributed by atoms with van der Waals surface area (Å²) in [4.78, 5) is 67.1. The molecule has 1 unspecified atom stereocenters. The van der Waals surface area contributed by atoms with Gasteiger partial charge in [-0.2, -0.15) is 0 Å². The Bertz CT molecular complexity index is 4880. The lowest BCUT2D eigenvalue weighted by Gasteiger charge is -2.28. The van der Waals surface area contributed by atoms with Crippen molar-refractivity contribution in [3.8, 4) is 33.8 Å². The number of fused-ring (bicyclic) bond motifs is 3. The second-order valence-electron chi connectivity index (χ2n) is 31.3. The van der Waals surface area contributed by atoms with E-state index >= 15 is 0 Å². The lowest BCUT2D eigenvalue weighted by molar-refractivity contribution is 0.212. The summed E-state index contributed by atoms with van der Waals surface area (Å²) in [5.41, 5.74) is 6.97. The lowest BCUT2D eigenvalue weighted by Crippen LogP contribution is -2.32. The molecule has 3 fully saturated rings. The maximum atomic E-state index is 15.0. The van der Waals surface area contributed by atoms with Crippen molar-refractivity contribution in [2.24, 2.45) is 0 Å². The number of aryl methyl sites for hydroxylation is 3. The zero-order chi connectivity index (χ0) is 83.0. The van der Waals surface area contributed by atoms with Crippen LogP contribution in [0, 0.1) is 55.7 Å². The van der Waals surface area contributed by atoms with E-state index < -0.39 is 34.9 Å². The second kappa shape index (κ2) is 37.4. The maximum Gasteiger partial charge on any atom is 0.229 e. The minimum atomic E-state index is -0.636. The van der Waals surface area contributed by atoms with Crippen molar-refractivity contribution >= 4 is 68.4 Å². The first-order valence-electron chi connectivity index (χ1n) is 41.0. The van der Waals surface area contributed by atoms with E-state index in [1.807, 2.05) is 131 Å². The molecular formula is C87H108F6N24. The number of hydrogen-bond acceptors (Lipinski definition) is 21. The largest absolute Gasteiger partial charge is 0.326 e. The molecule has 0 aliphatic carbocycles. The first kappa shape index (κ1) is 84.4. The molecule has 0 saturated carbocycles. The summed E-state index contributed by atoms with van der Waals surface area (Å²) < 4.78 is 95.4. The fourth-order valence-corrected chi connectivity index (χ4v) is 16.3. The molecule has 15 rings (SSSR count). The predicted octanol–water partition coefficient (Wildman–Crippen LogP) is 17.7. The van der Waals surface area contributed by atoms with Crippen LogP contribution in [0.25, 0.3) is 66.9 Å². The van der Waals surface area contributed by atoms with Crippen LogP contribution in [0.4, 0.5) is 61.6 Å². The van der Waals surface area contributed by atoms with Gasteiger partial charge in [-0.3, -0.25) is 14.7 Å². The number of nitrogens with zero attached hydrogens (tertiary/aromatic N) is 21. The second-order valence-corrected chi connectivity index (χ2v) is 31.3. The summed E-state index contributed by atoms with van der Waals surface area (Å²) in [6.45, 7) is 47.0. The van der Waals surface area contributed by atoms with E-state index in [-0.39, 0.29) is 87.7 Å². The molecule has 30 heteroatoms. The number of hydrogen-bond donors (Lipinski definition) is 3. The summed E-state index contributed by atoms with van der Waals surface area (Å²) in [6, 6.07) is 21.7. The summed E-state index contributed by atoms with van der Waals surface area (Å²) in [7, 11) is 0. The standard InChI is InChI=1S/3C29H36F2N8/c3*1-6-37-10-7-11-38(13-12-37)19(4)21-8-9-26(32-16-21)35-29-33-17-24(31)27(36-29)22-14-23(30)28-25(15-22)39(18(2)3)20(5)34-28/h3*8-9,14-19H,6-7,10-13H2,1-5H3,(H,32,33,35,36)/t2*19-;/m10./s1. The van der Waals surface area contributed by atoms with Gasteiger partial charge in [-0.15, -0.1) is 0 Å². The topological polar surface area (TPSA) is 225 Å². The van der Waals surface area contributed by atoms with Gasteiger partial charge >= 0.3 is 0 Å². The molecule has 3 N–H and O–H groups in total. The van der Waals surface area contributed by atoms with Crippen LogP contribution in [0.3, 0.4) is 0 Å². The van der Waals surface area contributed by atoms with Crippen LogP contribution in [0.2, 0.25) is 0 Å². The predicted molar refractivity (Wildman–Crippen MR) is 450 cm³/mol. The quantitative estimate of drug-likeness (QED) is 0.0569. The fourth-order valence-electron chi connectivity index (χ4n) is 16.3. The number of benzene rings is 3. The average molecular weight is 1600 g/mol. The van der Waals surface area contributed by atoms with Gasteiger partial charge in [0.15, 0.2) is 34.9 Å². The third kappa shape index (κ3) is 19.4. The van der Waals surface area contributed by atoms with Gasteiger partial charge in [-0.05, 0) is 213 Å². The van der Waals surface area contributed by atoms with Crippen molar-refractivity contribution in [1.29, 1.82) is 0 Å². The molecule has 9 aromatic heterocycles. The number of nitrogens with one attached hydrogen (secondary N) is 3. The highest BCUT2D eigenvalue weighted by molar-refractivity contribution is 5.85. The first-order chi connectivity index (χ1) is 56.2. The van der Waals surface area contributed by atoms with Crippen molar-refractivity contribution in [2.75, 3.05) is 114 Å². The molecular weight excluding hydrogens is 1500 g/mol. The molecule has 3 aliphatic heterocycles. The Morgan fingerprint density at radius 3 is 0.829 bits per heavy atom. The van der Waals surface area contributed by atoms with Crippen molar-refractivity contribution in [2.45, 2.75) is 159 Å². The van der Waals surface area contributed by atoms with E-state index in [9.17, 15) is 26.3 Å². The summed E-state index contributed by atoms with van der Waals surface area (Å²) in [6.07, 6.45) is 12.3. The van der Waals surface area contributed by atoms with Crippen LogP contribution >= 0.6 is 0 Å². The average Bonchev–Trinajstić information content (AvgIpc) is 1.65. The zero-order valence-corrected chi connectivity index (χ0v) is 69.7. The Morgan fingerprint density at radius 2 is 0.590 bits per heavy atom. The lowest BCUT2D eigenvalue weighted by atomic mass is 10.1. The molecule has 3 atom stereocenters. The Labute approximate surface area is 680 Å². The third-order valence-electron chi connectivity index (χ3n) is 22.8. The zero-order valence-electron chi connectivity index (χ0n) is 69.7. The molecule has 0 bridgehead atoms. The van der Waals surface area contributed by atoms with Crippen molar-refractivity contribution < 1.29 is 26.3 Å². The van der Waals surface area contributed by atoms with Gasteiger partial charge < -0.3 is 44.4 Å². The van der Waals surface area contributed by atoms with Gasteiger partial charge in [0, 0.05) is 130 Å². The Hall–Kier alpha value is -10.5. The number of rotatable bonds is 21. The molecule has 12 aromatic rings. The van der Waals surface area contributed by atoms with E-state index in [1.165, 1.54) is 18.2 Å². The molecule has 0 spiro atoms. The van der Waals surface area contributed by atoms with E-state index in [2.05, 4.69) is 147 Å². The van der Waals surface area contributed by atoms with E-state index in [4.69, 9.17) is 0 Å². The molecule has 0 radical (unpaired) electrons. The van der Waals surface area contributed by atoms with Crippen LogP contribution < -0.4 is 16.0 Å². The van der Waals surface area contributed by atoms with E-state index in [0.29, 0.717) is 68.2 Å². The minimum absolute atomic E-state index is 0.00925. The van der Waals surface area contributed by atoms with Gasteiger partial charge in [0.05, 0.1) is 35.1 Å². The maximum absolute atomic E-state index is 15.0.